The molecular formula is C20H16O6. The van der Waals surface area contributed by atoms with Gasteiger partial charge in [0.25, 0.3) is 0 Å². The van der Waals surface area contributed by atoms with Crippen LogP contribution in [0.5, 0.6) is 5.75 Å². The van der Waals surface area contributed by atoms with Gasteiger partial charge in [0, 0.05) is 35.1 Å². The van der Waals surface area contributed by atoms with Gasteiger partial charge in [-0.2, -0.15) is 0 Å². The van der Waals surface area contributed by atoms with Crippen molar-refractivity contribution in [2.45, 2.75) is 31.5 Å². The quantitative estimate of drug-likeness (QED) is 0.611. The molecule has 2 aromatic carbocycles. The lowest BCUT2D eigenvalue weighted by atomic mass is 9.73. The number of aliphatic hydroxyl groups excluding tert-OH is 1. The number of carbonyl (C=O) groups excluding carboxylic acids is 3. The van der Waals surface area contributed by atoms with E-state index in [1.54, 1.807) is 18.2 Å². The third kappa shape index (κ3) is 2.09. The van der Waals surface area contributed by atoms with Crippen LogP contribution >= 0.6 is 0 Å². The Morgan fingerprint density at radius 1 is 1.12 bits per heavy atom. The Kier molecular flexibility index (Phi) is 3.41. The lowest BCUT2D eigenvalue weighted by Gasteiger charge is -2.36. The van der Waals surface area contributed by atoms with Crippen LogP contribution in [-0.2, 0) is 11.2 Å². The second-order valence-electron chi connectivity index (χ2n) is 6.90. The van der Waals surface area contributed by atoms with Crippen molar-refractivity contribution in [1.82, 2.24) is 0 Å². The highest BCUT2D eigenvalue weighted by molar-refractivity contribution is 6.29. The molecule has 2 aliphatic rings. The molecule has 0 fully saturated rings. The summed E-state index contributed by atoms with van der Waals surface area (Å²) in [5.41, 5.74) is -1.12. The van der Waals surface area contributed by atoms with Crippen LogP contribution in [0.2, 0.25) is 0 Å². The zero-order valence-electron chi connectivity index (χ0n) is 13.9. The third-order valence-corrected chi connectivity index (χ3v) is 5.34. The maximum absolute atomic E-state index is 12.8. The smallest absolute Gasteiger partial charge is 0.198 e. The van der Waals surface area contributed by atoms with E-state index >= 15 is 0 Å². The molecule has 26 heavy (non-hydrogen) atoms. The number of fused-ring (bicyclic) bond motifs is 3. The first-order valence-electron chi connectivity index (χ1n) is 8.23. The average molecular weight is 352 g/mol. The van der Waals surface area contributed by atoms with Crippen molar-refractivity contribution in [3.8, 4) is 5.75 Å². The summed E-state index contributed by atoms with van der Waals surface area (Å²) in [6.45, 7) is 1.21. The number of Topliss-reactive ketones (excluding diaryl/α,β-unsaturated/α-hetero) is 1. The molecule has 0 saturated heterocycles. The van der Waals surface area contributed by atoms with Crippen LogP contribution in [0.4, 0.5) is 0 Å². The summed E-state index contributed by atoms with van der Waals surface area (Å²) in [5, 5.41) is 31.6. The fourth-order valence-corrected chi connectivity index (χ4v) is 3.84. The first-order chi connectivity index (χ1) is 12.2. The van der Waals surface area contributed by atoms with Gasteiger partial charge in [0.1, 0.15) is 11.4 Å². The Morgan fingerprint density at radius 2 is 1.73 bits per heavy atom. The number of phenolic OH excluding ortho intramolecular Hbond substituents is 1. The van der Waals surface area contributed by atoms with Crippen LogP contribution in [-0.4, -0.2) is 38.3 Å². The highest BCUT2D eigenvalue weighted by Crippen LogP contribution is 2.45. The number of ketones is 3. The van der Waals surface area contributed by atoms with Crippen molar-refractivity contribution in [2.24, 2.45) is 0 Å². The Morgan fingerprint density at radius 3 is 2.35 bits per heavy atom. The van der Waals surface area contributed by atoms with E-state index in [1.165, 1.54) is 19.1 Å². The molecule has 0 aliphatic heterocycles. The average Bonchev–Trinajstić information content (AvgIpc) is 2.60. The molecule has 0 saturated carbocycles. The number of aromatic hydroxyl groups is 1. The SMILES string of the molecule is CC(=O)[C@]1(O)Cc2c(cc3c(c2O)C(=O)c2ccccc2C3=O)[C@@H](O)C1. The predicted molar refractivity (Wildman–Crippen MR) is 90.3 cm³/mol. The molecule has 6 nitrogen and oxygen atoms in total. The molecule has 0 aromatic heterocycles. The minimum Gasteiger partial charge on any atom is -0.507 e. The van der Waals surface area contributed by atoms with E-state index in [0.717, 1.165) is 0 Å². The number of carbonyl (C=O) groups is 3. The second-order valence-corrected chi connectivity index (χ2v) is 6.90. The van der Waals surface area contributed by atoms with Crippen molar-refractivity contribution >= 4 is 17.3 Å². The van der Waals surface area contributed by atoms with E-state index in [4.69, 9.17) is 0 Å². The Balaban J connectivity index is 1.97. The van der Waals surface area contributed by atoms with Gasteiger partial charge in [-0.05, 0) is 18.6 Å². The molecule has 0 unspecified atom stereocenters. The predicted octanol–water partition coefficient (Wildman–Crippen LogP) is 1.47. The van der Waals surface area contributed by atoms with E-state index in [2.05, 4.69) is 0 Å². The van der Waals surface area contributed by atoms with E-state index in [0.29, 0.717) is 0 Å². The van der Waals surface area contributed by atoms with Gasteiger partial charge in [0.15, 0.2) is 17.3 Å². The highest BCUT2D eigenvalue weighted by Gasteiger charge is 2.44. The van der Waals surface area contributed by atoms with Crippen molar-refractivity contribution in [3.63, 3.8) is 0 Å². The molecule has 3 N–H and O–H groups in total. The largest absolute Gasteiger partial charge is 0.507 e. The summed E-state index contributed by atoms with van der Waals surface area (Å²) in [6, 6.07) is 7.72. The van der Waals surface area contributed by atoms with E-state index < -0.39 is 34.8 Å². The molecule has 2 aliphatic carbocycles. The van der Waals surface area contributed by atoms with Crippen molar-refractivity contribution < 1.29 is 29.7 Å². The minimum atomic E-state index is -1.82. The van der Waals surface area contributed by atoms with Crippen LogP contribution < -0.4 is 0 Å². The van der Waals surface area contributed by atoms with Gasteiger partial charge < -0.3 is 15.3 Å². The zero-order valence-corrected chi connectivity index (χ0v) is 13.9. The number of aliphatic hydroxyl groups is 2. The summed E-state index contributed by atoms with van der Waals surface area (Å²) < 4.78 is 0. The van der Waals surface area contributed by atoms with Crippen LogP contribution in [0.3, 0.4) is 0 Å². The molecule has 0 radical (unpaired) electrons. The van der Waals surface area contributed by atoms with E-state index in [1.807, 2.05) is 0 Å². The maximum atomic E-state index is 12.8. The normalized spacial score (nSPS) is 23.9. The summed E-state index contributed by atoms with van der Waals surface area (Å²) in [6.07, 6.45) is -1.69. The fourth-order valence-electron chi connectivity index (χ4n) is 3.84. The molecule has 0 bridgehead atoms. The molecule has 2 atom stereocenters. The van der Waals surface area contributed by atoms with Gasteiger partial charge in [0.05, 0.1) is 11.7 Å². The van der Waals surface area contributed by atoms with Gasteiger partial charge >= 0.3 is 0 Å². The van der Waals surface area contributed by atoms with Crippen molar-refractivity contribution in [3.05, 3.63) is 63.7 Å². The molecule has 0 heterocycles. The molecule has 2 aromatic rings. The van der Waals surface area contributed by atoms with Crippen LogP contribution in [0.15, 0.2) is 30.3 Å². The molecule has 132 valence electrons. The van der Waals surface area contributed by atoms with Crippen LogP contribution in [0.25, 0.3) is 0 Å². The standard InChI is InChI=1S/C20H16O6/c1-9(21)20(26)7-14-12(15(22)8-20)6-13-16(19(14)25)18(24)11-5-3-2-4-10(11)17(13)23/h2-6,15,22,25-26H,7-8H2,1H3/t15-,20-/m0/s1. The monoisotopic (exact) mass is 352 g/mol. The molecular weight excluding hydrogens is 336 g/mol. The number of rotatable bonds is 1. The van der Waals surface area contributed by atoms with Crippen molar-refractivity contribution in [2.75, 3.05) is 0 Å². The van der Waals surface area contributed by atoms with Crippen LogP contribution in [0, 0.1) is 0 Å². The lowest BCUT2D eigenvalue weighted by molar-refractivity contribution is -0.139. The van der Waals surface area contributed by atoms with Gasteiger partial charge in [-0.15, -0.1) is 0 Å². The van der Waals surface area contributed by atoms with Crippen molar-refractivity contribution in [1.29, 1.82) is 0 Å². The Labute approximate surface area is 148 Å². The maximum Gasteiger partial charge on any atom is 0.198 e. The summed E-state index contributed by atoms with van der Waals surface area (Å²) in [4.78, 5) is 37.4. The zero-order chi connectivity index (χ0) is 18.8. The Hall–Kier alpha value is -2.83. The number of phenols is 1. The molecule has 4 rings (SSSR count). The van der Waals surface area contributed by atoms with Crippen LogP contribution in [0.1, 0.15) is 62.4 Å². The molecule has 6 heteroatoms. The molecule has 0 spiro atoms. The number of benzene rings is 2. The van der Waals surface area contributed by atoms with E-state index in [9.17, 15) is 29.7 Å². The Bertz CT molecular complexity index is 1010. The number of hydrogen-bond donors (Lipinski definition) is 3. The first kappa shape index (κ1) is 16.6. The topological polar surface area (TPSA) is 112 Å². The van der Waals surface area contributed by atoms with Gasteiger partial charge in [0.2, 0.25) is 0 Å². The first-order valence-corrected chi connectivity index (χ1v) is 8.23. The summed E-state index contributed by atoms with van der Waals surface area (Å²) in [7, 11) is 0. The van der Waals surface area contributed by atoms with Gasteiger partial charge in [-0.25, -0.2) is 0 Å². The summed E-state index contributed by atoms with van der Waals surface area (Å²) >= 11 is 0. The highest BCUT2D eigenvalue weighted by atomic mass is 16.3. The fraction of sp³-hybridized carbons (Fsp3) is 0.250. The lowest BCUT2D eigenvalue weighted by Crippen LogP contribution is -2.44. The van der Waals surface area contributed by atoms with Gasteiger partial charge in [-0.1, -0.05) is 24.3 Å². The van der Waals surface area contributed by atoms with E-state index in [-0.39, 0.29) is 46.2 Å². The summed E-state index contributed by atoms with van der Waals surface area (Å²) in [5.74, 6) is -1.90. The second kappa shape index (κ2) is 5.33. The molecule has 0 amide bonds. The number of hydrogen-bond acceptors (Lipinski definition) is 6. The minimum absolute atomic E-state index is 0.0252. The van der Waals surface area contributed by atoms with Gasteiger partial charge in [-0.3, -0.25) is 14.4 Å². The third-order valence-electron chi connectivity index (χ3n) is 5.34.